The van der Waals surface area contributed by atoms with Crippen LogP contribution in [0.3, 0.4) is 0 Å². The third-order valence-electron chi connectivity index (χ3n) is 3.99. The van der Waals surface area contributed by atoms with Gasteiger partial charge in [0.25, 0.3) is 0 Å². The standard InChI is InChI=1S/C19H23NO6/c1-10(2)7-20-8-12(21)9-25-19-17-13(4-5-24-17)16(23)15-14(22)6-11(3)26-18(15)19/h4-6,10,12,20-21,23H,7-9H2,1-3H3. The second kappa shape index (κ2) is 7.39. The monoisotopic (exact) mass is 361 g/mol. The summed E-state index contributed by atoms with van der Waals surface area (Å²) >= 11 is 0. The maximum absolute atomic E-state index is 12.3. The van der Waals surface area contributed by atoms with Crippen molar-refractivity contribution < 1.29 is 23.8 Å². The molecule has 0 spiro atoms. The number of rotatable bonds is 7. The largest absolute Gasteiger partial charge is 0.506 e. The zero-order valence-electron chi connectivity index (χ0n) is 15.0. The van der Waals surface area contributed by atoms with Crippen molar-refractivity contribution >= 4 is 21.9 Å². The second-order valence-electron chi connectivity index (χ2n) is 6.78. The highest BCUT2D eigenvalue weighted by molar-refractivity contribution is 6.06. The maximum Gasteiger partial charge on any atom is 0.206 e. The zero-order valence-corrected chi connectivity index (χ0v) is 15.0. The quantitative estimate of drug-likeness (QED) is 0.594. The topological polar surface area (TPSA) is 105 Å². The van der Waals surface area contributed by atoms with Crippen LogP contribution >= 0.6 is 0 Å². The molecule has 0 saturated carbocycles. The molecule has 2 aromatic heterocycles. The van der Waals surface area contributed by atoms with E-state index in [1.807, 2.05) is 0 Å². The summed E-state index contributed by atoms with van der Waals surface area (Å²) in [6.45, 7) is 6.94. The van der Waals surface area contributed by atoms with Gasteiger partial charge < -0.3 is 29.1 Å². The number of phenols is 1. The Labute approximate surface area is 150 Å². The van der Waals surface area contributed by atoms with Gasteiger partial charge in [0, 0.05) is 12.6 Å². The minimum absolute atomic E-state index is 0.0155. The van der Waals surface area contributed by atoms with E-state index in [4.69, 9.17) is 13.6 Å². The number of aliphatic hydroxyl groups is 1. The maximum atomic E-state index is 12.3. The molecule has 0 aliphatic carbocycles. The SMILES string of the molecule is Cc1cc(=O)c2c(O)c3ccoc3c(OCC(O)CNCC(C)C)c2o1. The van der Waals surface area contributed by atoms with E-state index >= 15 is 0 Å². The highest BCUT2D eigenvalue weighted by Crippen LogP contribution is 2.41. The van der Waals surface area contributed by atoms with Crippen molar-refractivity contribution in [3.63, 3.8) is 0 Å². The molecule has 0 fully saturated rings. The number of fused-ring (bicyclic) bond motifs is 2. The Hall–Kier alpha value is -2.51. The first-order valence-electron chi connectivity index (χ1n) is 8.56. The predicted molar refractivity (Wildman–Crippen MR) is 97.9 cm³/mol. The summed E-state index contributed by atoms with van der Waals surface area (Å²) in [4.78, 5) is 12.3. The molecule has 0 saturated heterocycles. The number of hydrogen-bond donors (Lipinski definition) is 3. The second-order valence-corrected chi connectivity index (χ2v) is 6.78. The van der Waals surface area contributed by atoms with Crippen LogP contribution in [0.4, 0.5) is 0 Å². The number of hydrogen-bond acceptors (Lipinski definition) is 7. The molecule has 0 aliphatic rings. The van der Waals surface area contributed by atoms with Crippen LogP contribution in [0.2, 0.25) is 0 Å². The van der Waals surface area contributed by atoms with Crippen LogP contribution in [0.25, 0.3) is 21.9 Å². The van der Waals surface area contributed by atoms with Crippen molar-refractivity contribution in [3.8, 4) is 11.5 Å². The van der Waals surface area contributed by atoms with Gasteiger partial charge in [-0.15, -0.1) is 0 Å². The van der Waals surface area contributed by atoms with Gasteiger partial charge in [0.1, 0.15) is 29.6 Å². The molecule has 2 heterocycles. The Kier molecular flexibility index (Phi) is 5.20. The number of aromatic hydroxyl groups is 1. The van der Waals surface area contributed by atoms with Crippen molar-refractivity contribution in [2.24, 2.45) is 5.92 Å². The van der Waals surface area contributed by atoms with E-state index < -0.39 is 6.10 Å². The summed E-state index contributed by atoms with van der Waals surface area (Å²) in [5.74, 6) is 0.853. The van der Waals surface area contributed by atoms with E-state index in [-0.39, 0.29) is 40.1 Å². The van der Waals surface area contributed by atoms with Gasteiger partial charge >= 0.3 is 0 Å². The molecular weight excluding hydrogens is 338 g/mol. The van der Waals surface area contributed by atoms with Crippen molar-refractivity contribution in [2.75, 3.05) is 19.7 Å². The van der Waals surface area contributed by atoms with Crippen molar-refractivity contribution in [2.45, 2.75) is 26.9 Å². The van der Waals surface area contributed by atoms with E-state index in [9.17, 15) is 15.0 Å². The molecule has 7 heteroatoms. The lowest BCUT2D eigenvalue weighted by Crippen LogP contribution is -2.33. The molecule has 26 heavy (non-hydrogen) atoms. The van der Waals surface area contributed by atoms with E-state index in [1.165, 1.54) is 12.3 Å². The number of aryl methyl sites for hydroxylation is 1. The summed E-state index contributed by atoms with van der Waals surface area (Å²) in [6, 6.07) is 2.86. The van der Waals surface area contributed by atoms with E-state index in [0.29, 0.717) is 23.6 Å². The molecule has 0 amide bonds. The summed E-state index contributed by atoms with van der Waals surface area (Å²) in [5.41, 5.74) is 0.0109. The molecule has 7 nitrogen and oxygen atoms in total. The van der Waals surface area contributed by atoms with Crippen LogP contribution in [-0.2, 0) is 0 Å². The summed E-state index contributed by atoms with van der Waals surface area (Å²) in [5, 5.41) is 24.1. The Bertz CT molecular complexity index is 971. The minimum atomic E-state index is -0.751. The van der Waals surface area contributed by atoms with Gasteiger partial charge in [-0.05, 0) is 25.5 Å². The van der Waals surface area contributed by atoms with Gasteiger partial charge in [-0.25, -0.2) is 0 Å². The van der Waals surface area contributed by atoms with Crippen LogP contribution in [0.1, 0.15) is 19.6 Å². The fraction of sp³-hybridized carbons (Fsp3) is 0.421. The van der Waals surface area contributed by atoms with Gasteiger partial charge in [0.2, 0.25) is 5.75 Å². The van der Waals surface area contributed by atoms with Crippen LogP contribution in [0.15, 0.2) is 32.0 Å². The molecule has 1 aromatic carbocycles. The average molecular weight is 361 g/mol. The first-order chi connectivity index (χ1) is 12.4. The number of furan rings is 1. The third kappa shape index (κ3) is 3.54. The number of phenolic OH excluding ortho intramolecular Hbond substituents is 1. The highest BCUT2D eigenvalue weighted by atomic mass is 16.5. The Balaban J connectivity index is 1.95. The zero-order chi connectivity index (χ0) is 18.8. The van der Waals surface area contributed by atoms with Crippen LogP contribution in [-0.4, -0.2) is 36.0 Å². The molecule has 3 N–H and O–H groups in total. The summed E-state index contributed by atoms with van der Waals surface area (Å²) < 4.78 is 16.8. The molecule has 140 valence electrons. The lowest BCUT2D eigenvalue weighted by Gasteiger charge is -2.15. The molecule has 1 unspecified atom stereocenters. The molecule has 3 aromatic rings. The molecule has 0 aliphatic heterocycles. The highest BCUT2D eigenvalue weighted by Gasteiger charge is 2.22. The van der Waals surface area contributed by atoms with Crippen LogP contribution in [0.5, 0.6) is 11.5 Å². The van der Waals surface area contributed by atoms with Gasteiger partial charge in [-0.3, -0.25) is 4.79 Å². The molecule has 1 atom stereocenters. The minimum Gasteiger partial charge on any atom is -0.506 e. The van der Waals surface area contributed by atoms with E-state index in [1.54, 1.807) is 13.0 Å². The number of aliphatic hydroxyl groups excluding tert-OH is 1. The van der Waals surface area contributed by atoms with Crippen molar-refractivity contribution in [1.29, 1.82) is 0 Å². The third-order valence-corrected chi connectivity index (χ3v) is 3.99. The predicted octanol–water partition coefficient (Wildman–Crippen LogP) is 2.54. The fourth-order valence-electron chi connectivity index (χ4n) is 2.81. The van der Waals surface area contributed by atoms with Crippen LogP contribution in [0, 0.1) is 12.8 Å². The molecule has 3 rings (SSSR count). The van der Waals surface area contributed by atoms with Crippen LogP contribution < -0.4 is 15.5 Å². The average Bonchev–Trinajstić information content (AvgIpc) is 3.03. The van der Waals surface area contributed by atoms with Gasteiger partial charge in [0.15, 0.2) is 16.6 Å². The fourth-order valence-corrected chi connectivity index (χ4v) is 2.81. The van der Waals surface area contributed by atoms with Gasteiger partial charge in [0.05, 0.1) is 11.6 Å². The Morgan fingerprint density at radius 2 is 2.04 bits per heavy atom. The lowest BCUT2D eigenvalue weighted by atomic mass is 10.1. The van der Waals surface area contributed by atoms with E-state index in [2.05, 4.69) is 19.2 Å². The lowest BCUT2D eigenvalue weighted by molar-refractivity contribution is 0.106. The van der Waals surface area contributed by atoms with Gasteiger partial charge in [-0.2, -0.15) is 0 Å². The Morgan fingerprint density at radius 1 is 1.27 bits per heavy atom. The molecular formula is C19H23NO6. The first-order valence-corrected chi connectivity index (χ1v) is 8.56. The number of ether oxygens (including phenoxy) is 1. The normalized spacial score (nSPS) is 13.0. The summed E-state index contributed by atoms with van der Waals surface area (Å²) in [6.07, 6.45) is 0.646. The van der Waals surface area contributed by atoms with Gasteiger partial charge in [-0.1, -0.05) is 13.8 Å². The van der Waals surface area contributed by atoms with E-state index in [0.717, 1.165) is 6.54 Å². The number of benzene rings is 1. The smallest absolute Gasteiger partial charge is 0.206 e. The summed E-state index contributed by atoms with van der Waals surface area (Å²) in [7, 11) is 0. The number of nitrogens with one attached hydrogen (secondary N) is 1. The molecule has 0 radical (unpaired) electrons. The first kappa shape index (κ1) is 18.3. The van der Waals surface area contributed by atoms with Crippen molar-refractivity contribution in [1.82, 2.24) is 5.32 Å². The Morgan fingerprint density at radius 3 is 2.77 bits per heavy atom. The molecule has 0 bridgehead atoms. The van der Waals surface area contributed by atoms with Crippen molar-refractivity contribution in [3.05, 3.63) is 34.4 Å².